The number of aliphatic imine (C=N–C) groups is 1. The van der Waals surface area contributed by atoms with Crippen LogP contribution in [0.5, 0.6) is 0 Å². The lowest BCUT2D eigenvalue weighted by Crippen LogP contribution is -2.33. The molecule has 3 N–H and O–H groups in total. The fourth-order valence-electron chi connectivity index (χ4n) is 2.01. The molecule has 0 radical (unpaired) electrons. The summed E-state index contributed by atoms with van der Waals surface area (Å²) in [4.78, 5) is 4.27. The summed E-state index contributed by atoms with van der Waals surface area (Å²) in [5.41, 5.74) is 5.73. The molecule has 0 aromatic heterocycles. The van der Waals surface area contributed by atoms with E-state index in [0.717, 1.165) is 52.2 Å². The van der Waals surface area contributed by atoms with Crippen LogP contribution in [0.3, 0.4) is 0 Å². The first-order chi connectivity index (χ1) is 8.84. The molecule has 0 unspecified atom stereocenters. The lowest BCUT2D eigenvalue weighted by Gasteiger charge is -2.21. The van der Waals surface area contributed by atoms with Crippen LogP contribution in [0.4, 0.5) is 0 Å². The second-order valence-corrected chi connectivity index (χ2v) is 5.17. The van der Waals surface area contributed by atoms with Crippen molar-refractivity contribution in [3.8, 4) is 0 Å². The number of nitrogens with zero attached hydrogens (tertiary/aromatic N) is 1. The van der Waals surface area contributed by atoms with E-state index in [1.165, 1.54) is 12.8 Å². The highest BCUT2D eigenvalue weighted by Gasteiger charge is 2.21. The van der Waals surface area contributed by atoms with Crippen molar-refractivity contribution < 1.29 is 9.47 Å². The molecule has 2 fully saturated rings. The third-order valence-corrected chi connectivity index (χ3v) is 3.35. The largest absolute Gasteiger partial charge is 0.381 e. The van der Waals surface area contributed by atoms with Gasteiger partial charge >= 0.3 is 0 Å². The average molecular weight is 383 g/mol. The molecule has 1 saturated heterocycles. The number of halogens is 1. The van der Waals surface area contributed by atoms with Gasteiger partial charge in [0.25, 0.3) is 0 Å². The predicted octanol–water partition coefficient (Wildman–Crippen LogP) is 1.50. The maximum Gasteiger partial charge on any atom is 0.188 e. The highest BCUT2D eigenvalue weighted by molar-refractivity contribution is 14.0. The van der Waals surface area contributed by atoms with Crippen LogP contribution >= 0.6 is 24.0 Å². The lowest BCUT2D eigenvalue weighted by atomic mass is 10.0. The Labute approximate surface area is 132 Å². The van der Waals surface area contributed by atoms with Crippen LogP contribution < -0.4 is 11.1 Å². The SMILES string of the molecule is I.NC(=NCCCOCC1CCOCC1)NC1CC1. The zero-order chi connectivity index (χ0) is 12.6. The quantitative estimate of drug-likeness (QED) is 0.303. The van der Waals surface area contributed by atoms with Gasteiger partial charge in [-0.15, -0.1) is 24.0 Å². The van der Waals surface area contributed by atoms with Gasteiger partial charge in [0.05, 0.1) is 0 Å². The maximum absolute atomic E-state index is 5.73. The topological polar surface area (TPSA) is 68.9 Å². The predicted molar refractivity (Wildman–Crippen MR) is 87.0 cm³/mol. The standard InChI is InChI=1S/C13H25N3O2.HI/c14-13(16-12-2-3-12)15-6-1-7-18-10-11-4-8-17-9-5-11;/h11-12H,1-10H2,(H3,14,15,16);1H. The van der Waals surface area contributed by atoms with E-state index in [9.17, 15) is 0 Å². The smallest absolute Gasteiger partial charge is 0.188 e. The van der Waals surface area contributed by atoms with Gasteiger partial charge in [-0.2, -0.15) is 0 Å². The van der Waals surface area contributed by atoms with Crippen LogP contribution in [0, 0.1) is 5.92 Å². The van der Waals surface area contributed by atoms with Gasteiger partial charge in [0.1, 0.15) is 0 Å². The first kappa shape index (κ1) is 17.0. The Morgan fingerprint density at radius 2 is 2.00 bits per heavy atom. The first-order valence-corrected chi connectivity index (χ1v) is 7.06. The summed E-state index contributed by atoms with van der Waals surface area (Å²) >= 11 is 0. The molecular formula is C13H26IN3O2. The van der Waals surface area contributed by atoms with Crippen molar-refractivity contribution in [3.63, 3.8) is 0 Å². The van der Waals surface area contributed by atoms with Crippen LogP contribution in [-0.2, 0) is 9.47 Å². The molecule has 2 rings (SSSR count). The van der Waals surface area contributed by atoms with E-state index in [0.29, 0.717) is 17.9 Å². The van der Waals surface area contributed by atoms with E-state index < -0.39 is 0 Å². The minimum atomic E-state index is 0. The summed E-state index contributed by atoms with van der Waals surface area (Å²) in [6.45, 7) is 4.17. The van der Waals surface area contributed by atoms with Gasteiger partial charge in [-0.25, -0.2) is 0 Å². The van der Waals surface area contributed by atoms with E-state index in [2.05, 4.69) is 10.3 Å². The Hall–Kier alpha value is -0.0800. The zero-order valence-electron chi connectivity index (χ0n) is 11.5. The first-order valence-electron chi connectivity index (χ1n) is 7.06. The number of ether oxygens (including phenoxy) is 2. The van der Waals surface area contributed by atoms with Gasteiger partial charge in [-0.1, -0.05) is 0 Å². The molecule has 5 nitrogen and oxygen atoms in total. The Morgan fingerprint density at radius 1 is 1.26 bits per heavy atom. The fourth-order valence-corrected chi connectivity index (χ4v) is 2.01. The third kappa shape index (κ3) is 7.94. The van der Waals surface area contributed by atoms with Crippen molar-refractivity contribution in [1.82, 2.24) is 5.32 Å². The maximum atomic E-state index is 5.73. The van der Waals surface area contributed by atoms with E-state index in [-0.39, 0.29) is 24.0 Å². The number of guanidine groups is 1. The van der Waals surface area contributed by atoms with Gasteiger partial charge in [0.15, 0.2) is 5.96 Å². The number of nitrogens with two attached hydrogens (primary N) is 1. The molecule has 2 aliphatic rings. The van der Waals surface area contributed by atoms with Crippen LogP contribution in [0.2, 0.25) is 0 Å². The van der Waals surface area contributed by atoms with Crippen LogP contribution in [-0.4, -0.2) is 45.0 Å². The molecular weight excluding hydrogens is 357 g/mol. The summed E-state index contributed by atoms with van der Waals surface area (Å²) in [6.07, 6.45) is 5.66. The van der Waals surface area contributed by atoms with E-state index in [1.54, 1.807) is 0 Å². The van der Waals surface area contributed by atoms with Gasteiger partial charge < -0.3 is 20.5 Å². The average Bonchev–Trinajstić information content (AvgIpc) is 3.19. The minimum absolute atomic E-state index is 0. The molecule has 19 heavy (non-hydrogen) atoms. The summed E-state index contributed by atoms with van der Waals surface area (Å²) in [5, 5.41) is 3.17. The number of nitrogens with one attached hydrogen (secondary N) is 1. The Morgan fingerprint density at radius 3 is 2.68 bits per heavy atom. The molecule has 1 aliphatic carbocycles. The molecule has 0 spiro atoms. The summed E-state index contributed by atoms with van der Waals surface area (Å²) in [5.74, 6) is 1.27. The minimum Gasteiger partial charge on any atom is -0.381 e. The molecule has 0 amide bonds. The molecule has 0 atom stereocenters. The Balaban J connectivity index is 0.00000180. The van der Waals surface area contributed by atoms with Crippen molar-refractivity contribution in [3.05, 3.63) is 0 Å². The molecule has 1 saturated carbocycles. The normalized spacial score (nSPS) is 20.9. The number of rotatable bonds is 7. The molecule has 1 aliphatic heterocycles. The lowest BCUT2D eigenvalue weighted by molar-refractivity contribution is 0.0205. The van der Waals surface area contributed by atoms with Crippen LogP contribution in [0.1, 0.15) is 32.1 Å². The highest BCUT2D eigenvalue weighted by Crippen LogP contribution is 2.18. The van der Waals surface area contributed by atoms with Crippen molar-refractivity contribution in [2.45, 2.75) is 38.1 Å². The molecule has 0 bridgehead atoms. The van der Waals surface area contributed by atoms with Crippen LogP contribution in [0.25, 0.3) is 0 Å². The summed E-state index contributed by atoms with van der Waals surface area (Å²) < 4.78 is 11.0. The van der Waals surface area contributed by atoms with Gasteiger partial charge in [-0.05, 0) is 38.0 Å². The number of hydrogen-bond donors (Lipinski definition) is 2. The second kappa shape index (κ2) is 9.77. The van der Waals surface area contributed by atoms with Crippen molar-refractivity contribution >= 4 is 29.9 Å². The molecule has 112 valence electrons. The van der Waals surface area contributed by atoms with E-state index >= 15 is 0 Å². The van der Waals surface area contributed by atoms with E-state index in [1.807, 2.05) is 0 Å². The van der Waals surface area contributed by atoms with Crippen molar-refractivity contribution in [2.75, 3.05) is 33.0 Å². The molecule has 1 heterocycles. The summed E-state index contributed by atoms with van der Waals surface area (Å²) in [6, 6.07) is 0.582. The molecule has 0 aromatic carbocycles. The molecule has 6 heteroatoms. The summed E-state index contributed by atoms with van der Waals surface area (Å²) in [7, 11) is 0. The monoisotopic (exact) mass is 383 g/mol. The highest BCUT2D eigenvalue weighted by atomic mass is 127. The molecule has 0 aromatic rings. The second-order valence-electron chi connectivity index (χ2n) is 5.17. The van der Waals surface area contributed by atoms with Crippen LogP contribution in [0.15, 0.2) is 4.99 Å². The third-order valence-electron chi connectivity index (χ3n) is 3.35. The van der Waals surface area contributed by atoms with Gasteiger partial charge in [0, 0.05) is 39.0 Å². The van der Waals surface area contributed by atoms with Gasteiger partial charge in [-0.3, -0.25) is 4.99 Å². The number of hydrogen-bond acceptors (Lipinski definition) is 3. The fraction of sp³-hybridized carbons (Fsp3) is 0.923. The van der Waals surface area contributed by atoms with E-state index in [4.69, 9.17) is 15.2 Å². The van der Waals surface area contributed by atoms with Crippen molar-refractivity contribution in [1.29, 1.82) is 0 Å². The van der Waals surface area contributed by atoms with Crippen molar-refractivity contribution in [2.24, 2.45) is 16.6 Å². The zero-order valence-corrected chi connectivity index (χ0v) is 13.8. The Bertz CT molecular complexity index is 267. The Kier molecular flexibility index (Phi) is 8.72. The van der Waals surface area contributed by atoms with Gasteiger partial charge in [0.2, 0.25) is 0 Å².